The molecule has 5 heteroatoms. The number of carbonyl (C=O) groups is 1. The zero-order valence-corrected chi connectivity index (χ0v) is 10.6. The number of rotatable bonds is 7. The number of hydrogen-bond acceptors (Lipinski definition) is 3. The van der Waals surface area contributed by atoms with Gasteiger partial charge in [0, 0.05) is 0 Å². The van der Waals surface area contributed by atoms with Crippen LogP contribution in [-0.2, 0) is 4.79 Å². The van der Waals surface area contributed by atoms with Crippen molar-refractivity contribution in [2.24, 2.45) is 0 Å². The summed E-state index contributed by atoms with van der Waals surface area (Å²) in [6.07, 6.45) is 6.02. The molecule has 0 fully saturated rings. The van der Waals surface area contributed by atoms with Crippen molar-refractivity contribution in [3.8, 4) is 0 Å². The van der Waals surface area contributed by atoms with Gasteiger partial charge in [-0.15, -0.1) is 0 Å². The lowest BCUT2D eigenvalue weighted by Crippen LogP contribution is -2.36. The minimum Gasteiger partial charge on any atom is -0.480 e. The summed E-state index contributed by atoms with van der Waals surface area (Å²) >= 11 is 0. The smallest absolute Gasteiger partial charge is 0.320 e. The standard InChI is InChI=1S/C6H14.C5H11NO3.H2O/c1-3-5-6-4-2;1-2-4(5(8)9)6-3-7;/h3-6H2,1-2H3;4,6-7H,2-3H2,1H3,(H,8,9);1H2. The second-order valence-electron chi connectivity index (χ2n) is 3.37. The molecule has 0 aromatic carbocycles. The SMILES string of the molecule is CCC(NCO)C(=O)O.CCCCCC.O. The van der Waals surface area contributed by atoms with E-state index in [9.17, 15) is 4.79 Å². The van der Waals surface area contributed by atoms with Crippen molar-refractivity contribution in [1.82, 2.24) is 5.32 Å². The van der Waals surface area contributed by atoms with Gasteiger partial charge in [-0.2, -0.15) is 0 Å². The van der Waals surface area contributed by atoms with Gasteiger partial charge in [0.05, 0.1) is 6.73 Å². The van der Waals surface area contributed by atoms with E-state index in [-0.39, 0.29) is 12.2 Å². The molecule has 1 unspecified atom stereocenters. The Morgan fingerprint density at radius 2 is 1.62 bits per heavy atom. The number of aliphatic carboxylic acids is 1. The first kappa shape index (κ1) is 20.7. The van der Waals surface area contributed by atoms with Crippen LogP contribution in [0.25, 0.3) is 0 Å². The van der Waals surface area contributed by atoms with Gasteiger partial charge >= 0.3 is 5.97 Å². The summed E-state index contributed by atoms with van der Waals surface area (Å²) in [6.45, 7) is 5.91. The molecule has 0 aliphatic heterocycles. The first-order valence-electron chi connectivity index (χ1n) is 5.70. The molecule has 5 N–H and O–H groups in total. The monoisotopic (exact) mass is 237 g/mol. The summed E-state index contributed by atoms with van der Waals surface area (Å²) in [5.41, 5.74) is 0. The van der Waals surface area contributed by atoms with E-state index in [1.54, 1.807) is 6.92 Å². The number of unbranched alkanes of at least 4 members (excludes halogenated alkanes) is 3. The zero-order chi connectivity index (χ0) is 12.1. The van der Waals surface area contributed by atoms with Gasteiger partial charge in [-0.1, -0.05) is 46.5 Å². The molecule has 16 heavy (non-hydrogen) atoms. The average molecular weight is 237 g/mol. The lowest BCUT2D eigenvalue weighted by molar-refractivity contribution is -0.139. The largest absolute Gasteiger partial charge is 0.480 e. The Hall–Kier alpha value is -0.650. The topological polar surface area (TPSA) is 101 Å². The summed E-state index contributed by atoms with van der Waals surface area (Å²) in [7, 11) is 0. The molecule has 0 saturated carbocycles. The average Bonchev–Trinajstić information content (AvgIpc) is 2.23. The molecule has 0 aromatic heterocycles. The van der Waals surface area contributed by atoms with Gasteiger partial charge in [-0.05, 0) is 6.42 Å². The fourth-order valence-corrected chi connectivity index (χ4v) is 1.02. The molecule has 0 aliphatic rings. The molecule has 0 aliphatic carbocycles. The van der Waals surface area contributed by atoms with Crippen LogP contribution in [0.2, 0.25) is 0 Å². The Balaban J connectivity index is -0.000000214. The molecule has 0 bridgehead atoms. The molecule has 5 nitrogen and oxygen atoms in total. The molecule has 0 spiro atoms. The second-order valence-corrected chi connectivity index (χ2v) is 3.37. The van der Waals surface area contributed by atoms with E-state index in [2.05, 4.69) is 19.2 Å². The highest BCUT2D eigenvalue weighted by molar-refractivity contribution is 5.73. The third kappa shape index (κ3) is 15.8. The fourth-order valence-electron chi connectivity index (χ4n) is 1.02. The van der Waals surface area contributed by atoms with Crippen molar-refractivity contribution >= 4 is 5.97 Å². The number of aliphatic hydroxyl groups is 1. The third-order valence-electron chi connectivity index (χ3n) is 2.00. The maximum atomic E-state index is 10.1. The normalized spacial score (nSPS) is 10.8. The highest BCUT2D eigenvalue weighted by Crippen LogP contribution is 1.95. The summed E-state index contributed by atoms with van der Waals surface area (Å²) < 4.78 is 0. The van der Waals surface area contributed by atoms with E-state index < -0.39 is 12.0 Å². The lowest BCUT2D eigenvalue weighted by Gasteiger charge is -2.07. The first-order valence-corrected chi connectivity index (χ1v) is 5.70. The molecular formula is C11H27NO4. The summed E-state index contributed by atoms with van der Waals surface area (Å²) in [5.74, 6) is -0.924. The number of carboxylic acids is 1. The molecule has 0 radical (unpaired) electrons. The zero-order valence-electron chi connectivity index (χ0n) is 10.6. The second kappa shape index (κ2) is 16.8. The van der Waals surface area contributed by atoms with Crippen LogP contribution in [0.4, 0.5) is 0 Å². The molecule has 0 amide bonds. The Labute approximate surface area is 98.2 Å². The summed E-state index contributed by atoms with van der Waals surface area (Å²) in [6, 6.07) is -0.616. The first-order chi connectivity index (χ1) is 7.13. The Kier molecular flexibility index (Phi) is 21.7. The number of hydrogen-bond donors (Lipinski definition) is 3. The van der Waals surface area contributed by atoms with E-state index in [1.807, 2.05) is 0 Å². The molecular weight excluding hydrogens is 210 g/mol. The van der Waals surface area contributed by atoms with Crippen molar-refractivity contribution < 1.29 is 20.5 Å². The maximum absolute atomic E-state index is 10.1. The van der Waals surface area contributed by atoms with Crippen LogP contribution in [0.1, 0.15) is 52.9 Å². The van der Waals surface area contributed by atoms with Crippen molar-refractivity contribution in [2.45, 2.75) is 58.9 Å². The van der Waals surface area contributed by atoms with E-state index >= 15 is 0 Å². The van der Waals surface area contributed by atoms with Crippen LogP contribution in [-0.4, -0.2) is 34.4 Å². The van der Waals surface area contributed by atoms with Gasteiger partial charge in [-0.3, -0.25) is 10.1 Å². The van der Waals surface area contributed by atoms with Crippen molar-refractivity contribution in [1.29, 1.82) is 0 Å². The lowest BCUT2D eigenvalue weighted by atomic mass is 10.2. The quantitative estimate of drug-likeness (QED) is 0.456. The number of aliphatic hydroxyl groups excluding tert-OH is 1. The van der Waals surface area contributed by atoms with Gasteiger partial charge in [0.2, 0.25) is 0 Å². The van der Waals surface area contributed by atoms with Crippen LogP contribution >= 0.6 is 0 Å². The molecule has 100 valence electrons. The molecule has 1 atom stereocenters. The molecule has 0 heterocycles. The van der Waals surface area contributed by atoms with Crippen LogP contribution < -0.4 is 5.32 Å². The van der Waals surface area contributed by atoms with Crippen LogP contribution in [0.5, 0.6) is 0 Å². The number of nitrogens with one attached hydrogen (secondary N) is 1. The van der Waals surface area contributed by atoms with E-state index in [0.717, 1.165) is 0 Å². The Morgan fingerprint density at radius 3 is 1.75 bits per heavy atom. The summed E-state index contributed by atoms with van der Waals surface area (Å²) in [5, 5.41) is 19.0. The third-order valence-corrected chi connectivity index (χ3v) is 2.00. The molecule has 0 rings (SSSR count). The van der Waals surface area contributed by atoms with Crippen LogP contribution in [0.3, 0.4) is 0 Å². The predicted molar refractivity (Wildman–Crippen MR) is 65.4 cm³/mol. The highest BCUT2D eigenvalue weighted by atomic mass is 16.4. The van der Waals surface area contributed by atoms with Gasteiger partial charge in [0.25, 0.3) is 0 Å². The van der Waals surface area contributed by atoms with E-state index in [0.29, 0.717) is 6.42 Å². The predicted octanol–water partition coefficient (Wildman–Crippen LogP) is 1.15. The number of carboxylic acid groups (broad SMARTS) is 1. The van der Waals surface area contributed by atoms with Gasteiger partial charge in [0.15, 0.2) is 0 Å². The highest BCUT2D eigenvalue weighted by Gasteiger charge is 2.11. The minimum absolute atomic E-state index is 0. The van der Waals surface area contributed by atoms with Gasteiger partial charge in [0.1, 0.15) is 6.04 Å². The van der Waals surface area contributed by atoms with Crippen LogP contribution in [0, 0.1) is 0 Å². The maximum Gasteiger partial charge on any atom is 0.320 e. The summed E-state index contributed by atoms with van der Waals surface area (Å²) in [4.78, 5) is 10.1. The fraction of sp³-hybridized carbons (Fsp3) is 0.909. The molecule has 0 saturated heterocycles. The minimum atomic E-state index is -0.924. The van der Waals surface area contributed by atoms with Gasteiger partial charge in [-0.25, -0.2) is 0 Å². The Morgan fingerprint density at radius 1 is 1.19 bits per heavy atom. The van der Waals surface area contributed by atoms with Crippen LogP contribution in [0.15, 0.2) is 0 Å². The van der Waals surface area contributed by atoms with E-state index in [1.165, 1.54) is 25.7 Å². The van der Waals surface area contributed by atoms with Crippen molar-refractivity contribution in [2.75, 3.05) is 6.73 Å². The van der Waals surface area contributed by atoms with Crippen molar-refractivity contribution in [3.05, 3.63) is 0 Å². The van der Waals surface area contributed by atoms with E-state index in [4.69, 9.17) is 10.2 Å². The van der Waals surface area contributed by atoms with Gasteiger partial charge < -0.3 is 15.7 Å². The Bertz CT molecular complexity index is 138. The molecule has 0 aromatic rings. The van der Waals surface area contributed by atoms with Crippen molar-refractivity contribution in [3.63, 3.8) is 0 Å².